The number of ether oxygens (including phenoxy) is 1. The minimum absolute atomic E-state index is 0.00163. The van der Waals surface area contributed by atoms with Crippen molar-refractivity contribution in [2.45, 2.75) is 219 Å². The van der Waals surface area contributed by atoms with Crippen LogP contribution >= 0.6 is 0 Å². The van der Waals surface area contributed by atoms with Crippen molar-refractivity contribution in [2.24, 2.45) is 0 Å². The lowest BCUT2D eigenvalue weighted by Gasteiger charge is -2.17. The van der Waals surface area contributed by atoms with E-state index < -0.39 is 11.7 Å². The number of Topliss-reactive ketones (excluding diaryl/α,β-unsaturated/α-hetero) is 2. The number of carbonyl (C=O) groups is 2. The summed E-state index contributed by atoms with van der Waals surface area (Å²) in [6.07, 6.45) is 35.4. The lowest BCUT2D eigenvalue weighted by molar-refractivity contribution is -0.127. The minimum Gasteiger partial charge on any atom is -0.369 e. The van der Waals surface area contributed by atoms with Gasteiger partial charge < -0.3 is 10.5 Å². The molecule has 9 heteroatoms. The number of hydrogen-bond donors (Lipinski definition) is 2. The summed E-state index contributed by atoms with van der Waals surface area (Å²) in [5, 5.41) is 0. The molecule has 0 spiro atoms. The second kappa shape index (κ2) is 29.1. The van der Waals surface area contributed by atoms with Crippen LogP contribution in [-0.2, 0) is 21.1 Å². The maximum atomic E-state index is 13.0. The molecule has 2 aromatic rings. The number of hydrogen-bond acceptors (Lipinski definition) is 7. The lowest BCUT2D eigenvalue weighted by Crippen LogP contribution is -2.23. The van der Waals surface area contributed by atoms with Gasteiger partial charge in [-0.3, -0.25) is 23.9 Å². The number of nitrogens with one attached hydrogen (secondary N) is 1. The predicted octanol–water partition coefficient (Wildman–Crippen LogP) is 10.9. The highest BCUT2D eigenvalue weighted by Crippen LogP contribution is 2.18. The van der Waals surface area contributed by atoms with Crippen LogP contribution in [0, 0.1) is 0 Å². The predicted molar refractivity (Wildman–Crippen MR) is 207 cm³/mol. The molecule has 0 saturated heterocycles. The molecule has 9 nitrogen and oxygen atoms in total. The third-order valence-corrected chi connectivity index (χ3v) is 9.97. The molecule has 0 unspecified atom stereocenters. The molecule has 0 aliphatic rings. The molecule has 50 heavy (non-hydrogen) atoms. The van der Waals surface area contributed by atoms with Crippen LogP contribution in [0.25, 0.3) is 11.2 Å². The summed E-state index contributed by atoms with van der Waals surface area (Å²) >= 11 is 0. The number of nitrogens with zero attached hydrogens (tertiary/aromatic N) is 3. The lowest BCUT2D eigenvalue weighted by atomic mass is 9.99. The Hall–Kier alpha value is -2.55. The molecular weight excluding hydrogens is 626 g/mol. The molecule has 0 aliphatic heterocycles. The number of unbranched alkanes of at least 4 members (excludes halogenated alkanes) is 24. The summed E-state index contributed by atoms with van der Waals surface area (Å²) in [5.41, 5.74) is 5.83. The molecular formula is C41H73N5O4. The molecule has 0 bridgehead atoms. The van der Waals surface area contributed by atoms with E-state index in [9.17, 15) is 14.4 Å². The molecule has 0 radical (unpaired) electrons. The average molecular weight is 700 g/mol. The van der Waals surface area contributed by atoms with Gasteiger partial charge in [-0.05, 0) is 12.8 Å². The van der Waals surface area contributed by atoms with E-state index in [2.05, 4.69) is 28.8 Å². The van der Waals surface area contributed by atoms with Crippen LogP contribution in [0.15, 0.2) is 11.1 Å². The first-order valence-electron chi connectivity index (χ1n) is 20.8. The van der Waals surface area contributed by atoms with E-state index in [0.29, 0.717) is 18.5 Å². The number of nitrogen functional groups attached to an aromatic ring is 1. The molecule has 0 saturated carbocycles. The van der Waals surface area contributed by atoms with Gasteiger partial charge in [-0.2, -0.15) is 4.98 Å². The van der Waals surface area contributed by atoms with Gasteiger partial charge in [0, 0.05) is 25.7 Å². The Bertz CT molecular complexity index is 1170. The molecule has 2 heterocycles. The number of H-pyrrole nitrogens is 1. The summed E-state index contributed by atoms with van der Waals surface area (Å²) in [6, 6.07) is 0. The smallest absolute Gasteiger partial charge is 0.280 e. The van der Waals surface area contributed by atoms with Crippen molar-refractivity contribution in [3.05, 3.63) is 16.7 Å². The zero-order chi connectivity index (χ0) is 36.1. The van der Waals surface area contributed by atoms with Crippen molar-refractivity contribution in [1.82, 2.24) is 19.5 Å². The first-order valence-corrected chi connectivity index (χ1v) is 20.8. The zero-order valence-corrected chi connectivity index (χ0v) is 32.1. The van der Waals surface area contributed by atoms with Crippen molar-refractivity contribution < 1.29 is 14.3 Å². The second-order valence-electron chi connectivity index (χ2n) is 14.7. The van der Waals surface area contributed by atoms with Gasteiger partial charge in [0.25, 0.3) is 5.56 Å². The fraction of sp³-hybridized carbons (Fsp3) is 0.829. The molecule has 0 atom stereocenters. The Morgan fingerprint density at radius 3 is 1.44 bits per heavy atom. The topological polar surface area (TPSA) is 133 Å². The number of carbonyl (C=O) groups excluding carboxylic acids is 2. The van der Waals surface area contributed by atoms with Gasteiger partial charge in [0.05, 0.1) is 12.4 Å². The fourth-order valence-corrected chi connectivity index (χ4v) is 6.83. The Morgan fingerprint density at radius 2 is 1.04 bits per heavy atom. The van der Waals surface area contributed by atoms with Crippen LogP contribution in [0.3, 0.4) is 0 Å². The molecule has 2 aromatic heterocycles. The van der Waals surface area contributed by atoms with E-state index in [-0.39, 0.29) is 42.6 Å². The van der Waals surface area contributed by atoms with Gasteiger partial charge in [-0.1, -0.05) is 168 Å². The number of nitrogens with two attached hydrogens (primary N) is 1. The van der Waals surface area contributed by atoms with E-state index in [1.807, 2.05) is 0 Å². The number of aromatic amines is 1. The van der Waals surface area contributed by atoms with Gasteiger partial charge in [0.2, 0.25) is 5.95 Å². The van der Waals surface area contributed by atoms with Crippen LogP contribution in [0.4, 0.5) is 5.95 Å². The third-order valence-electron chi connectivity index (χ3n) is 9.97. The fourth-order valence-electron chi connectivity index (χ4n) is 6.83. The third kappa shape index (κ3) is 21.0. The van der Waals surface area contributed by atoms with Gasteiger partial charge >= 0.3 is 0 Å². The first kappa shape index (κ1) is 43.6. The Morgan fingerprint density at radius 1 is 0.660 bits per heavy atom. The highest BCUT2D eigenvalue weighted by Gasteiger charge is 2.20. The minimum atomic E-state index is -0.518. The van der Waals surface area contributed by atoms with Gasteiger partial charge in [-0.15, -0.1) is 0 Å². The summed E-state index contributed by atoms with van der Waals surface area (Å²) in [5.74, 6) is 0.282. The quantitative estimate of drug-likeness (QED) is 0.0684. The van der Waals surface area contributed by atoms with E-state index in [4.69, 9.17) is 10.5 Å². The maximum Gasteiger partial charge on any atom is 0.280 e. The van der Waals surface area contributed by atoms with Gasteiger partial charge in [-0.25, -0.2) is 4.98 Å². The van der Waals surface area contributed by atoms with Crippen LogP contribution in [0.2, 0.25) is 0 Å². The summed E-state index contributed by atoms with van der Waals surface area (Å²) in [4.78, 5) is 49.0. The molecule has 0 fully saturated rings. The second-order valence-corrected chi connectivity index (χ2v) is 14.7. The van der Waals surface area contributed by atoms with Gasteiger partial charge in [0.15, 0.2) is 11.2 Å². The number of aromatic nitrogens is 4. The van der Waals surface area contributed by atoms with E-state index >= 15 is 0 Å². The molecule has 2 rings (SSSR count). The van der Waals surface area contributed by atoms with Crippen molar-refractivity contribution in [1.29, 1.82) is 0 Å². The normalized spacial score (nSPS) is 11.7. The molecule has 286 valence electrons. The number of rotatable bonds is 35. The standard InChI is InChI=1S/C41H73N5O4/c1-3-5-7-9-11-13-15-17-19-21-23-25-27-29-35(47)31-37(50-34-46-33-43-38-39(46)44-41(42)45-40(38)49)32-36(48)30-28-26-24-22-20-18-16-14-12-10-8-6-4-2/h33,37H,3-32,34H2,1-2H3,(H3,42,44,45,49). The first-order chi connectivity index (χ1) is 24.4. The van der Waals surface area contributed by atoms with Crippen molar-refractivity contribution in [3.8, 4) is 0 Å². The SMILES string of the molecule is CCCCCCCCCCCCCCCC(=O)CC(CC(=O)CCCCCCCCCCCCCCC)OCn1cnc2c(=O)[nH]c(N)nc21. The number of fused-ring (bicyclic) bond motifs is 1. The molecule has 0 aromatic carbocycles. The average Bonchev–Trinajstić information content (AvgIpc) is 3.50. The van der Waals surface area contributed by atoms with Crippen molar-refractivity contribution in [2.75, 3.05) is 5.73 Å². The Labute approximate surface area is 303 Å². The molecule has 0 amide bonds. The summed E-state index contributed by atoms with van der Waals surface area (Å²) < 4.78 is 7.74. The zero-order valence-electron chi connectivity index (χ0n) is 32.1. The van der Waals surface area contributed by atoms with Crippen LogP contribution < -0.4 is 11.3 Å². The molecule has 3 N–H and O–H groups in total. The maximum absolute atomic E-state index is 13.0. The Kier molecular flexibility index (Phi) is 25.4. The van der Waals surface area contributed by atoms with E-state index in [1.165, 1.54) is 148 Å². The van der Waals surface area contributed by atoms with Gasteiger partial charge in [0.1, 0.15) is 18.3 Å². The molecule has 0 aliphatic carbocycles. The Balaban J connectivity index is 1.68. The van der Waals surface area contributed by atoms with Crippen LogP contribution in [0.1, 0.15) is 206 Å². The highest BCUT2D eigenvalue weighted by molar-refractivity contribution is 5.82. The summed E-state index contributed by atoms with van der Waals surface area (Å²) in [7, 11) is 0. The van der Waals surface area contributed by atoms with Crippen LogP contribution in [-0.4, -0.2) is 37.2 Å². The summed E-state index contributed by atoms with van der Waals surface area (Å²) in [6.45, 7) is 4.56. The van der Waals surface area contributed by atoms with Crippen molar-refractivity contribution in [3.63, 3.8) is 0 Å². The monoisotopic (exact) mass is 700 g/mol. The largest absolute Gasteiger partial charge is 0.369 e. The highest BCUT2D eigenvalue weighted by atomic mass is 16.5. The number of imidazole rings is 1. The number of ketones is 2. The van der Waals surface area contributed by atoms with E-state index in [0.717, 1.165) is 25.7 Å². The van der Waals surface area contributed by atoms with Crippen molar-refractivity contribution >= 4 is 28.7 Å². The van der Waals surface area contributed by atoms with E-state index in [1.54, 1.807) is 4.57 Å². The van der Waals surface area contributed by atoms with Crippen LogP contribution in [0.5, 0.6) is 0 Å². The number of anilines is 1.